The van der Waals surface area contributed by atoms with E-state index in [-0.39, 0.29) is 17.8 Å². The number of rotatable bonds is 14. The number of tetrazole rings is 2. The lowest BCUT2D eigenvalue weighted by Crippen LogP contribution is -2.52. The fraction of sp³-hybridized carbons (Fsp3) is 0.832. The first-order chi connectivity index (χ1) is 56.1. The molecule has 4 aromatic rings. The first-order valence-electron chi connectivity index (χ1n) is 46.7. The molecule has 32 atom stereocenters. The first-order valence-corrected chi connectivity index (χ1v) is 47.1. The third-order valence-corrected chi connectivity index (χ3v) is 38.5. The van der Waals surface area contributed by atoms with Crippen LogP contribution in [0.4, 0.5) is 13.2 Å². The van der Waals surface area contributed by atoms with Crippen molar-refractivity contribution >= 4 is 11.6 Å². The molecule has 0 bridgehead atoms. The monoisotopic (exact) mass is 1630 g/mol. The summed E-state index contributed by atoms with van der Waals surface area (Å²) in [5, 5.41) is 86.0. The Bertz CT molecular complexity index is 4170. The molecule has 4 aromatic heterocycles. The van der Waals surface area contributed by atoms with E-state index in [0.717, 1.165) is 135 Å². The minimum atomic E-state index is -2.61. The summed E-state index contributed by atoms with van der Waals surface area (Å²) >= 11 is 5.63. The van der Waals surface area contributed by atoms with Crippen LogP contribution in [0.5, 0.6) is 0 Å². The van der Waals surface area contributed by atoms with Crippen LogP contribution in [0.25, 0.3) is 0 Å². The fourth-order valence-corrected chi connectivity index (χ4v) is 33.6. The van der Waals surface area contributed by atoms with Gasteiger partial charge in [-0.1, -0.05) is 82.2 Å². The van der Waals surface area contributed by atoms with Crippen molar-refractivity contribution in [2.45, 2.75) is 321 Å². The molecule has 0 aromatic carbocycles. The zero-order valence-corrected chi connectivity index (χ0v) is 72.0. The molecular formula is C95H140ClF3N14O4. The molecule has 117 heavy (non-hydrogen) atoms. The number of hydrogen-bond donors (Lipinski definition) is 4. The van der Waals surface area contributed by atoms with Gasteiger partial charge in [-0.15, -0.1) is 20.4 Å². The van der Waals surface area contributed by atoms with Crippen molar-refractivity contribution in [1.82, 2.24) is 70.4 Å². The Morgan fingerprint density at radius 3 is 1.08 bits per heavy atom. The molecule has 0 spiro atoms. The van der Waals surface area contributed by atoms with E-state index in [1.54, 1.807) is 44.0 Å². The lowest BCUT2D eigenvalue weighted by molar-refractivity contribution is -0.159. The SMILES string of the molecule is C=C(Cn1nccn1)[C@H]1CC[C@H]2[C@@H]3CC[C@H]4C[C@@](O)(C#CCl)CC[C@@H]4[C@H]3CC[C@]12C.C=C(Cn1nccn1)[C@H]1CC[C@H]2[C@@H]3CC[C@H]4C[C@@](O)(C(F)F)CC[C@@H]4[C@H]3CC[C@]12C.C=C(Cn1ncnn1)[C@H]1CC[C@H]2[C@@H]3CC[C@H]4C[C@@](O)(CF)CC[C@@H]4[C@H]3CC[C@]12C.C=C(Cn1ncnn1)[C@H]1CC[C@H]2[C@@H]3CC[C@H]4C[C@](C)(O)CC[C@@H]4[C@H]3CC[C@]12C. The van der Waals surface area contributed by atoms with Crippen LogP contribution < -0.4 is 0 Å². The van der Waals surface area contributed by atoms with Gasteiger partial charge in [0.05, 0.1) is 62.2 Å². The predicted molar refractivity (Wildman–Crippen MR) is 446 cm³/mol. The number of fused-ring (bicyclic) bond motifs is 20. The van der Waals surface area contributed by atoms with Gasteiger partial charge < -0.3 is 20.4 Å². The third kappa shape index (κ3) is 15.9. The molecule has 16 aliphatic rings. The van der Waals surface area contributed by atoms with Gasteiger partial charge in [-0.05, 0) is 424 Å². The van der Waals surface area contributed by atoms with Crippen LogP contribution in [0.2, 0.25) is 0 Å². The Kier molecular flexibility index (Phi) is 23.8. The van der Waals surface area contributed by atoms with Crippen molar-refractivity contribution in [2.75, 3.05) is 6.67 Å². The van der Waals surface area contributed by atoms with E-state index in [0.29, 0.717) is 120 Å². The topological polar surface area (TPSA) is 230 Å². The third-order valence-electron chi connectivity index (χ3n) is 38.4. The molecule has 18 nitrogen and oxygen atoms in total. The van der Waals surface area contributed by atoms with Crippen molar-refractivity contribution in [1.29, 1.82) is 0 Å². The molecule has 20 rings (SSSR count). The molecule has 4 N–H and O–H groups in total. The standard InChI is InChI=1S/C25H34ClN3O.C24H35F2N3O.C23H35FN4O.C23H36N4O/c1-17(16-29-27-13-14-28-29)22-5-6-23-21-4-3-18-15-25(30,11-12-26)10-8-19(18)20(21)7-9-24(22,23)2;1-15(14-29-27-11-12-28-29)20-5-6-21-19-4-3-16-13-24(30,22(25)26)10-8-17(16)18(19)7-9-23(20,21)2;1-15(12-28-26-14-25-27-28)20-5-6-21-19-4-3-16-11-23(29,13-24)10-8-17(16)18(19)7-9-22(20,21)2;1-15(13-27-25-14-24-26-27)20-6-7-21-19-5-4-16-12-22(2,28)10-8-17(16)18(19)9-11-23(20,21)3/h13-14,18-23,30H,1,3-10,15-16H2,2H3;11-12,16-22,30H,1,3-10,13-14H2,2H3;14,16-21,29H,1,3-13H2,2H3;14,16-21,28H,1,4-13H2,2-3H3/t18-,19-,20+,21+,22+,23-,24+,25-;16-,17-,18+,19+,20+,21-,23+,24+;2*16-,17-,18+,19+,20+,21-,22+,23+/m0000/s1. The Balaban J connectivity index is 0.000000112. The van der Waals surface area contributed by atoms with E-state index >= 15 is 0 Å². The van der Waals surface area contributed by atoms with Crippen molar-refractivity contribution in [3.8, 4) is 11.3 Å². The largest absolute Gasteiger partial charge is 0.390 e. The highest BCUT2D eigenvalue weighted by molar-refractivity contribution is 6.30. The van der Waals surface area contributed by atoms with Crippen molar-refractivity contribution in [3.05, 3.63) is 86.1 Å². The highest BCUT2D eigenvalue weighted by Crippen LogP contribution is 2.71. The van der Waals surface area contributed by atoms with E-state index in [9.17, 15) is 33.6 Å². The molecule has 16 aliphatic carbocycles. The first kappa shape index (κ1) is 84.1. The van der Waals surface area contributed by atoms with Gasteiger partial charge in [-0.2, -0.15) is 39.6 Å². The molecule has 0 unspecified atom stereocenters. The van der Waals surface area contributed by atoms with Gasteiger partial charge in [0.1, 0.15) is 17.9 Å². The maximum Gasteiger partial charge on any atom is 0.266 e. The molecule has 22 heteroatoms. The fourth-order valence-electron chi connectivity index (χ4n) is 33.4. The van der Waals surface area contributed by atoms with Crippen LogP contribution in [0.3, 0.4) is 0 Å². The molecule has 642 valence electrons. The quantitative estimate of drug-likeness (QED) is 0.0680. The molecule has 0 saturated heterocycles. The number of allylic oxidation sites excluding steroid dienone is 4. The van der Waals surface area contributed by atoms with Crippen LogP contribution in [-0.2, 0) is 26.2 Å². The van der Waals surface area contributed by atoms with Gasteiger partial charge in [0, 0.05) is 5.38 Å². The molecular weight excluding hydrogens is 1490 g/mol. The van der Waals surface area contributed by atoms with Crippen molar-refractivity contribution in [3.63, 3.8) is 0 Å². The second-order valence-corrected chi connectivity index (χ2v) is 43.8. The summed E-state index contributed by atoms with van der Waals surface area (Å²) in [5.74, 6) is 19.7. The lowest BCUT2D eigenvalue weighted by atomic mass is 9.48. The van der Waals surface area contributed by atoms with Gasteiger partial charge in [-0.25, -0.2) is 13.2 Å². The normalized spacial score (nSPS) is 46.2. The highest BCUT2D eigenvalue weighted by Gasteiger charge is 2.64. The Labute approximate surface area is 700 Å². The minimum absolute atomic E-state index is 0.271. The van der Waals surface area contributed by atoms with Crippen molar-refractivity contribution in [2.24, 2.45) is 164 Å². The maximum atomic E-state index is 13.4. The number of aliphatic hydroxyl groups is 4. The molecule has 4 heterocycles. The molecule has 16 fully saturated rings. The maximum absolute atomic E-state index is 13.4. The van der Waals surface area contributed by atoms with Crippen LogP contribution >= 0.6 is 11.6 Å². The number of alkyl halides is 3. The van der Waals surface area contributed by atoms with E-state index in [2.05, 4.69) is 123 Å². The van der Waals surface area contributed by atoms with Gasteiger partial charge in [0.25, 0.3) is 6.43 Å². The van der Waals surface area contributed by atoms with Crippen LogP contribution in [0, 0.1) is 175 Å². The Morgan fingerprint density at radius 2 is 0.718 bits per heavy atom. The van der Waals surface area contributed by atoms with E-state index in [1.807, 2.05) is 0 Å². The van der Waals surface area contributed by atoms with Gasteiger partial charge in [0.2, 0.25) is 0 Å². The average molecular weight is 1630 g/mol. The van der Waals surface area contributed by atoms with Gasteiger partial charge in [-0.3, -0.25) is 0 Å². The lowest BCUT2D eigenvalue weighted by Gasteiger charge is -2.57. The summed E-state index contributed by atoms with van der Waals surface area (Å²) in [4.78, 5) is 6.86. The highest BCUT2D eigenvalue weighted by atomic mass is 35.5. The second-order valence-electron chi connectivity index (χ2n) is 43.6. The Morgan fingerprint density at radius 1 is 0.385 bits per heavy atom. The summed E-state index contributed by atoms with van der Waals surface area (Å²) in [6.07, 6.45) is 47.5. The van der Waals surface area contributed by atoms with Crippen LogP contribution in [0.1, 0.15) is 266 Å². The molecule has 0 aliphatic heterocycles. The zero-order valence-electron chi connectivity index (χ0n) is 71.3. The number of halogens is 4. The van der Waals surface area contributed by atoms with Gasteiger partial charge >= 0.3 is 0 Å². The summed E-state index contributed by atoms with van der Waals surface area (Å²) in [6.45, 7) is 32.3. The number of nitrogens with zero attached hydrogens (tertiary/aromatic N) is 14. The zero-order chi connectivity index (χ0) is 81.8. The summed E-state index contributed by atoms with van der Waals surface area (Å²) in [5.41, 5.74) is 2.46. The van der Waals surface area contributed by atoms with Crippen LogP contribution in [-0.4, -0.2) is 126 Å². The summed E-state index contributed by atoms with van der Waals surface area (Å²) in [7, 11) is 0. The van der Waals surface area contributed by atoms with Crippen molar-refractivity contribution < 1.29 is 33.6 Å². The van der Waals surface area contributed by atoms with Crippen LogP contribution in [0.15, 0.2) is 86.1 Å². The summed E-state index contributed by atoms with van der Waals surface area (Å²) < 4.78 is 40.2. The summed E-state index contributed by atoms with van der Waals surface area (Å²) in [6, 6.07) is 0. The van der Waals surface area contributed by atoms with E-state index in [1.165, 1.54) is 183 Å². The Hall–Kier alpha value is -5.14. The van der Waals surface area contributed by atoms with E-state index in [4.69, 9.17) is 11.6 Å². The average Bonchev–Trinajstić information content (AvgIpc) is 1.66. The predicted octanol–water partition coefficient (Wildman–Crippen LogP) is 18.6. The smallest absolute Gasteiger partial charge is 0.266 e. The minimum Gasteiger partial charge on any atom is -0.390 e. The van der Waals surface area contributed by atoms with Gasteiger partial charge in [0.15, 0.2) is 12.7 Å². The molecule has 16 saturated carbocycles. The van der Waals surface area contributed by atoms with E-state index < -0.39 is 35.5 Å². The molecule has 0 radical (unpaired) electrons. The second kappa shape index (κ2) is 33.2. The molecule has 0 amide bonds. The number of hydrogen-bond acceptors (Lipinski definition) is 14. The number of aromatic nitrogens is 14.